The first-order valence-corrected chi connectivity index (χ1v) is 8.07. The Kier molecular flexibility index (Phi) is 5.98. The highest BCUT2D eigenvalue weighted by molar-refractivity contribution is 7.99. The van der Waals surface area contributed by atoms with Gasteiger partial charge in [-0.25, -0.2) is 4.98 Å². The number of benzene rings is 1. The molecule has 0 atom stereocenters. The molecule has 0 bridgehead atoms. The highest BCUT2D eigenvalue weighted by Gasteiger charge is 2.14. The minimum atomic E-state index is -0.0198. The predicted molar refractivity (Wildman–Crippen MR) is 91.5 cm³/mol. The summed E-state index contributed by atoms with van der Waals surface area (Å²) in [7, 11) is 1.66. The van der Waals surface area contributed by atoms with Crippen LogP contribution >= 0.6 is 11.8 Å². The number of nitrogens with zero attached hydrogens (tertiary/aromatic N) is 2. The topological polar surface area (TPSA) is 44.1 Å². The molecule has 0 aliphatic rings. The van der Waals surface area contributed by atoms with E-state index < -0.39 is 0 Å². The van der Waals surface area contributed by atoms with E-state index in [1.165, 1.54) is 11.8 Å². The quantitative estimate of drug-likeness (QED) is 0.341. The maximum absolute atomic E-state index is 12.6. The van der Waals surface area contributed by atoms with Gasteiger partial charge in [0, 0.05) is 30.5 Å². The van der Waals surface area contributed by atoms with Gasteiger partial charge in [0.25, 0.3) is 5.56 Å². The first-order valence-electron chi connectivity index (χ1n) is 7.08. The van der Waals surface area contributed by atoms with Crippen LogP contribution in [0.3, 0.4) is 0 Å². The standard InChI is InChI=1S/C17H20N2O2S/c1-4-10-19-16(20)13(2)15(14-8-6-5-7-9-14)18-17(19)22-12-11-21-3/h4-9H,1,10-12H2,2-3H3. The number of rotatable bonds is 7. The second-order valence-corrected chi connectivity index (χ2v) is 5.84. The Labute approximate surface area is 134 Å². The van der Waals surface area contributed by atoms with Crippen LogP contribution in [-0.2, 0) is 11.3 Å². The van der Waals surface area contributed by atoms with Gasteiger partial charge < -0.3 is 4.74 Å². The summed E-state index contributed by atoms with van der Waals surface area (Å²) >= 11 is 1.52. The highest BCUT2D eigenvalue weighted by Crippen LogP contribution is 2.23. The summed E-state index contributed by atoms with van der Waals surface area (Å²) in [5.74, 6) is 0.747. The summed E-state index contributed by atoms with van der Waals surface area (Å²) in [4.78, 5) is 17.4. The van der Waals surface area contributed by atoms with Crippen molar-refractivity contribution in [2.45, 2.75) is 18.6 Å². The molecule has 0 spiro atoms. The van der Waals surface area contributed by atoms with E-state index in [4.69, 9.17) is 9.72 Å². The Hall–Kier alpha value is -1.85. The van der Waals surface area contributed by atoms with Gasteiger partial charge in [-0.05, 0) is 6.92 Å². The number of hydrogen-bond donors (Lipinski definition) is 0. The number of thioether (sulfide) groups is 1. The van der Waals surface area contributed by atoms with Crippen LogP contribution < -0.4 is 5.56 Å². The number of aromatic nitrogens is 2. The molecule has 1 heterocycles. The molecule has 0 aliphatic heterocycles. The molecule has 116 valence electrons. The molecule has 0 unspecified atom stereocenters. The predicted octanol–water partition coefficient (Wildman–Crippen LogP) is 3.14. The van der Waals surface area contributed by atoms with Crippen LogP contribution in [-0.4, -0.2) is 29.0 Å². The number of methoxy groups -OCH3 is 1. The molecule has 0 N–H and O–H groups in total. The Morgan fingerprint density at radius 2 is 2.09 bits per heavy atom. The Balaban J connectivity index is 2.52. The zero-order chi connectivity index (χ0) is 15.9. The fraction of sp³-hybridized carbons (Fsp3) is 0.294. The molecule has 2 aromatic rings. The molecule has 1 aromatic carbocycles. The lowest BCUT2D eigenvalue weighted by molar-refractivity contribution is 0.218. The van der Waals surface area contributed by atoms with E-state index in [0.717, 1.165) is 17.0 Å². The maximum atomic E-state index is 12.6. The zero-order valence-electron chi connectivity index (χ0n) is 12.9. The molecule has 2 rings (SSSR count). The van der Waals surface area contributed by atoms with Gasteiger partial charge >= 0.3 is 0 Å². The lowest BCUT2D eigenvalue weighted by atomic mass is 10.1. The Morgan fingerprint density at radius 1 is 1.36 bits per heavy atom. The molecule has 22 heavy (non-hydrogen) atoms. The molecular weight excluding hydrogens is 296 g/mol. The van der Waals surface area contributed by atoms with Gasteiger partial charge in [0.05, 0.1) is 12.3 Å². The van der Waals surface area contributed by atoms with Crippen LogP contribution in [0.25, 0.3) is 11.3 Å². The molecule has 0 amide bonds. The largest absolute Gasteiger partial charge is 0.384 e. The first kappa shape index (κ1) is 16.5. The van der Waals surface area contributed by atoms with Gasteiger partial charge in [-0.15, -0.1) is 6.58 Å². The van der Waals surface area contributed by atoms with Crippen LogP contribution in [0.1, 0.15) is 5.56 Å². The molecule has 1 aromatic heterocycles. The van der Waals surface area contributed by atoms with Crippen LogP contribution in [0.4, 0.5) is 0 Å². The molecule has 0 radical (unpaired) electrons. The number of allylic oxidation sites excluding steroid dienone is 1. The first-order chi connectivity index (χ1) is 10.7. The third kappa shape index (κ3) is 3.67. The van der Waals surface area contributed by atoms with Gasteiger partial charge in [0.1, 0.15) is 0 Å². The smallest absolute Gasteiger partial charge is 0.257 e. The average Bonchev–Trinajstić information content (AvgIpc) is 2.55. The van der Waals surface area contributed by atoms with Crippen LogP contribution in [0, 0.1) is 6.92 Å². The Morgan fingerprint density at radius 3 is 2.73 bits per heavy atom. The fourth-order valence-corrected chi connectivity index (χ4v) is 3.03. The van der Waals surface area contributed by atoms with Crippen molar-refractivity contribution in [3.63, 3.8) is 0 Å². The molecule has 0 saturated carbocycles. The molecule has 0 fully saturated rings. The van der Waals surface area contributed by atoms with Crippen molar-refractivity contribution in [1.82, 2.24) is 9.55 Å². The lowest BCUT2D eigenvalue weighted by Gasteiger charge is -2.14. The van der Waals surface area contributed by atoms with E-state index in [1.807, 2.05) is 37.3 Å². The molecule has 0 saturated heterocycles. The number of ether oxygens (including phenoxy) is 1. The van der Waals surface area contributed by atoms with Gasteiger partial charge in [-0.1, -0.05) is 48.2 Å². The van der Waals surface area contributed by atoms with Crippen molar-refractivity contribution in [3.05, 3.63) is 58.9 Å². The van der Waals surface area contributed by atoms with Gasteiger partial charge in [0.2, 0.25) is 0 Å². The van der Waals surface area contributed by atoms with E-state index in [2.05, 4.69) is 6.58 Å². The molecule has 5 heteroatoms. The SMILES string of the molecule is C=CCn1c(SCCOC)nc(-c2ccccc2)c(C)c1=O. The monoisotopic (exact) mass is 316 g/mol. The molecule has 0 aliphatic carbocycles. The van der Waals surface area contributed by atoms with Crippen molar-refractivity contribution >= 4 is 11.8 Å². The summed E-state index contributed by atoms with van der Waals surface area (Å²) in [6.07, 6.45) is 1.71. The second kappa shape index (κ2) is 7.96. The summed E-state index contributed by atoms with van der Waals surface area (Å²) in [5, 5.41) is 0.700. The van der Waals surface area contributed by atoms with Crippen molar-refractivity contribution < 1.29 is 4.74 Å². The van der Waals surface area contributed by atoms with Crippen LogP contribution in [0.2, 0.25) is 0 Å². The van der Waals surface area contributed by atoms with E-state index in [-0.39, 0.29) is 5.56 Å². The Bertz CT molecular complexity index is 696. The zero-order valence-corrected chi connectivity index (χ0v) is 13.7. The van der Waals surface area contributed by atoms with E-state index >= 15 is 0 Å². The van der Waals surface area contributed by atoms with E-state index in [1.54, 1.807) is 17.8 Å². The van der Waals surface area contributed by atoms with Crippen LogP contribution in [0.15, 0.2) is 52.9 Å². The summed E-state index contributed by atoms with van der Waals surface area (Å²) < 4.78 is 6.74. The minimum Gasteiger partial charge on any atom is -0.384 e. The van der Waals surface area contributed by atoms with E-state index in [0.29, 0.717) is 23.9 Å². The summed E-state index contributed by atoms with van der Waals surface area (Å²) in [6.45, 7) is 6.61. The van der Waals surface area contributed by atoms with Crippen molar-refractivity contribution in [2.24, 2.45) is 0 Å². The third-order valence-corrected chi connectivity index (χ3v) is 4.18. The normalized spacial score (nSPS) is 10.6. The van der Waals surface area contributed by atoms with Crippen LogP contribution in [0.5, 0.6) is 0 Å². The average molecular weight is 316 g/mol. The lowest BCUT2D eigenvalue weighted by Crippen LogP contribution is -2.26. The maximum Gasteiger partial charge on any atom is 0.257 e. The fourth-order valence-electron chi connectivity index (χ4n) is 2.12. The summed E-state index contributed by atoms with van der Waals surface area (Å²) in [6, 6.07) is 9.78. The molecule has 4 nitrogen and oxygen atoms in total. The van der Waals surface area contributed by atoms with E-state index in [9.17, 15) is 4.79 Å². The van der Waals surface area contributed by atoms with Gasteiger partial charge in [-0.3, -0.25) is 9.36 Å². The van der Waals surface area contributed by atoms with Gasteiger partial charge in [0.15, 0.2) is 5.16 Å². The second-order valence-electron chi connectivity index (χ2n) is 4.78. The minimum absolute atomic E-state index is 0.0198. The molecular formula is C17H20N2O2S. The number of hydrogen-bond acceptors (Lipinski definition) is 4. The third-order valence-electron chi connectivity index (χ3n) is 3.24. The van der Waals surface area contributed by atoms with Crippen molar-refractivity contribution in [3.8, 4) is 11.3 Å². The van der Waals surface area contributed by atoms with Crippen molar-refractivity contribution in [2.75, 3.05) is 19.5 Å². The van der Waals surface area contributed by atoms with Gasteiger partial charge in [-0.2, -0.15) is 0 Å². The summed E-state index contributed by atoms with van der Waals surface area (Å²) in [5.41, 5.74) is 2.33. The highest BCUT2D eigenvalue weighted by atomic mass is 32.2. The van der Waals surface area contributed by atoms with Crippen molar-refractivity contribution in [1.29, 1.82) is 0 Å².